The van der Waals surface area contributed by atoms with Crippen molar-refractivity contribution < 1.29 is 0 Å². The predicted octanol–water partition coefficient (Wildman–Crippen LogP) is 1.69. The lowest BCUT2D eigenvalue weighted by atomic mass is 9.89. The number of allylic oxidation sites excluding steroid dienone is 4. The van der Waals surface area contributed by atoms with Crippen LogP contribution in [0.4, 0.5) is 0 Å². The quantitative estimate of drug-likeness (QED) is 0.495. The SMILES string of the molecule is CC1=CC2CCC[N+]=C2C=C1. The molecule has 1 aliphatic carbocycles. The molecule has 1 unspecified atom stereocenters. The van der Waals surface area contributed by atoms with Gasteiger partial charge in [-0.1, -0.05) is 17.7 Å². The molecule has 0 aromatic heterocycles. The van der Waals surface area contributed by atoms with Crippen LogP contribution in [0, 0.1) is 5.92 Å². The molecule has 1 nitrogen and oxygen atoms in total. The van der Waals surface area contributed by atoms with Crippen LogP contribution in [-0.4, -0.2) is 12.3 Å². The van der Waals surface area contributed by atoms with Gasteiger partial charge in [0.25, 0.3) is 5.71 Å². The van der Waals surface area contributed by atoms with Gasteiger partial charge in [0.15, 0.2) is 0 Å². The lowest BCUT2D eigenvalue weighted by Crippen LogP contribution is -2.24. The molecule has 1 aliphatic heterocycles. The van der Waals surface area contributed by atoms with Gasteiger partial charge in [-0.15, -0.1) is 0 Å². The Bertz CT molecular complexity index is 246. The van der Waals surface area contributed by atoms with Crippen molar-refractivity contribution >= 4 is 5.71 Å². The molecule has 0 bridgehead atoms. The summed E-state index contributed by atoms with van der Waals surface area (Å²) in [5, 5.41) is 0. The molecule has 0 amide bonds. The normalized spacial score (nSPS) is 29.0. The maximum Gasteiger partial charge on any atom is 0.253 e. The third kappa shape index (κ3) is 1.28. The van der Waals surface area contributed by atoms with Crippen molar-refractivity contribution in [1.82, 2.24) is 4.99 Å². The summed E-state index contributed by atoms with van der Waals surface area (Å²) in [5.41, 5.74) is 2.68. The van der Waals surface area contributed by atoms with Crippen LogP contribution in [0.3, 0.4) is 0 Å². The van der Waals surface area contributed by atoms with Crippen LogP contribution in [0.2, 0.25) is 0 Å². The van der Waals surface area contributed by atoms with E-state index in [4.69, 9.17) is 0 Å². The maximum absolute atomic E-state index is 4.47. The van der Waals surface area contributed by atoms with E-state index in [-0.39, 0.29) is 0 Å². The molecular formula is C10H13N+. The van der Waals surface area contributed by atoms with E-state index in [1.54, 1.807) is 0 Å². The zero-order valence-corrected chi connectivity index (χ0v) is 6.88. The van der Waals surface area contributed by atoms with Gasteiger partial charge < -0.3 is 0 Å². The first-order chi connectivity index (χ1) is 5.36. The van der Waals surface area contributed by atoms with Crippen LogP contribution in [0.1, 0.15) is 19.8 Å². The molecule has 2 rings (SSSR count). The van der Waals surface area contributed by atoms with E-state index < -0.39 is 0 Å². The molecule has 0 saturated heterocycles. The molecular weight excluding hydrogens is 134 g/mol. The number of aliphatic imine (C=N–C) groups is 1. The molecule has 0 spiro atoms. The van der Waals surface area contributed by atoms with Gasteiger partial charge in [0, 0.05) is 17.5 Å². The van der Waals surface area contributed by atoms with Gasteiger partial charge in [-0.25, -0.2) is 0 Å². The fourth-order valence-electron chi connectivity index (χ4n) is 1.72. The standard InChI is InChI=1S/C10H13N/c1-8-4-5-10-9(7-8)3-2-6-11-10/h4-5,7,9H,2-3,6H2,1H3/q+1. The van der Waals surface area contributed by atoms with Crippen LogP contribution >= 0.6 is 0 Å². The average Bonchev–Trinajstić information content (AvgIpc) is 2.04. The van der Waals surface area contributed by atoms with E-state index in [9.17, 15) is 0 Å². The predicted molar refractivity (Wildman–Crippen MR) is 47.6 cm³/mol. The Balaban J connectivity index is 2.28. The second-order valence-corrected chi connectivity index (χ2v) is 3.30. The van der Waals surface area contributed by atoms with E-state index in [1.165, 1.54) is 24.1 Å². The first kappa shape index (κ1) is 6.84. The van der Waals surface area contributed by atoms with Gasteiger partial charge >= 0.3 is 0 Å². The molecule has 1 heterocycles. The van der Waals surface area contributed by atoms with Crippen LogP contribution in [0.5, 0.6) is 0 Å². The summed E-state index contributed by atoms with van der Waals surface area (Å²) < 4.78 is 0. The number of rotatable bonds is 0. The number of hydrogen-bond donors (Lipinski definition) is 0. The highest BCUT2D eigenvalue weighted by molar-refractivity contribution is 5.99. The van der Waals surface area contributed by atoms with Gasteiger partial charge in [-0.3, -0.25) is 0 Å². The van der Waals surface area contributed by atoms with E-state index in [1.807, 2.05) is 0 Å². The molecule has 57 valence electrons. The van der Waals surface area contributed by atoms with Crippen LogP contribution < -0.4 is 4.99 Å². The lowest BCUT2D eigenvalue weighted by Gasteiger charge is -2.13. The first-order valence-electron chi connectivity index (χ1n) is 4.27. The summed E-state index contributed by atoms with van der Waals surface area (Å²) in [6.45, 7) is 3.19. The summed E-state index contributed by atoms with van der Waals surface area (Å²) in [6, 6.07) is 0. The van der Waals surface area contributed by atoms with Crippen molar-refractivity contribution in [2.75, 3.05) is 6.54 Å². The number of fused-ring (bicyclic) bond motifs is 1. The molecule has 1 atom stereocenters. The van der Waals surface area contributed by atoms with Crippen LogP contribution in [-0.2, 0) is 0 Å². The molecule has 0 aromatic rings. The topological polar surface area (TPSA) is 14.1 Å². The van der Waals surface area contributed by atoms with Crippen molar-refractivity contribution in [3.05, 3.63) is 23.8 Å². The van der Waals surface area contributed by atoms with Crippen molar-refractivity contribution in [3.8, 4) is 0 Å². The zero-order valence-electron chi connectivity index (χ0n) is 6.88. The minimum atomic E-state index is 0.633. The third-order valence-electron chi connectivity index (χ3n) is 2.33. The van der Waals surface area contributed by atoms with Crippen molar-refractivity contribution in [2.24, 2.45) is 5.92 Å². The minimum absolute atomic E-state index is 0.633. The van der Waals surface area contributed by atoms with Crippen molar-refractivity contribution in [1.29, 1.82) is 0 Å². The monoisotopic (exact) mass is 147 g/mol. The zero-order chi connectivity index (χ0) is 7.68. The molecule has 2 aliphatic rings. The maximum atomic E-state index is 4.47. The highest BCUT2D eigenvalue weighted by atomic mass is 14.8. The Labute approximate surface area is 67.5 Å². The lowest BCUT2D eigenvalue weighted by molar-refractivity contribution is 0.624. The third-order valence-corrected chi connectivity index (χ3v) is 2.33. The molecule has 0 fully saturated rings. The second kappa shape index (κ2) is 2.65. The summed E-state index contributed by atoms with van der Waals surface area (Å²) in [4.78, 5) is 4.47. The molecule has 11 heavy (non-hydrogen) atoms. The summed E-state index contributed by atoms with van der Waals surface area (Å²) >= 11 is 0. The molecule has 1 heteroatoms. The number of hydrogen-bond acceptors (Lipinski definition) is 1. The van der Waals surface area contributed by atoms with Gasteiger partial charge in [-0.05, 0) is 13.3 Å². The van der Waals surface area contributed by atoms with Crippen molar-refractivity contribution in [3.63, 3.8) is 0 Å². The van der Waals surface area contributed by atoms with Crippen molar-refractivity contribution in [2.45, 2.75) is 19.8 Å². The largest absolute Gasteiger partial charge is 0.253 e. The molecule has 1 radical (unpaired) electrons. The summed E-state index contributed by atoms with van der Waals surface area (Å²) in [6.07, 6.45) is 9.20. The van der Waals surface area contributed by atoms with Gasteiger partial charge in [-0.2, -0.15) is 0 Å². The Kier molecular flexibility index (Phi) is 1.65. The van der Waals surface area contributed by atoms with Gasteiger partial charge in [0.05, 0.1) is 5.92 Å². The average molecular weight is 147 g/mol. The smallest absolute Gasteiger partial charge is 0.0678 e. The Hall–Kier alpha value is -0.850. The highest BCUT2D eigenvalue weighted by Crippen LogP contribution is 2.20. The fraction of sp³-hybridized carbons (Fsp3) is 0.500. The van der Waals surface area contributed by atoms with E-state index in [2.05, 4.69) is 30.1 Å². The summed E-state index contributed by atoms with van der Waals surface area (Å²) in [5.74, 6) is 0.633. The minimum Gasteiger partial charge on any atom is -0.0678 e. The van der Waals surface area contributed by atoms with E-state index in [0.717, 1.165) is 6.54 Å². The first-order valence-corrected chi connectivity index (χ1v) is 4.27. The second-order valence-electron chi connectivity index (χ2n) is 3.30. The highest BCUT2D eigenvalue weighted by Gasteiger charge is 2.26. The molecule has 0 aromatic carbocycles. The number of nitrogens with zero attached hydrogens (tertiary/aromatic N) is 1. The van der Waals surface area contributed by atoms with E-state index >= 15 is 0 Å². The van der Waals surface area contributed by atoms with Gasteiger partial charge in [0.1, 0.15) is 0 Å². The van der Waals surface area contributed by atoms with Gasteiger partial charge in [0.2, 0.25) is 6.54 Å². The Morgan fingerprint density at radius 3 is 3.27 bits per heavy atom. The fourth-order valence-corrected chi connectivity index (χ4v) is 1.72. The van der Waals surface area contributed by atoms with E-state index in [0.29, 0.717) is 5.92 Å². The van der Waals surface area contributed by atoms with Crippen LogP contribution in [0.15, 0.2) is 23.8 Å². The molecule has 0 N–H and O–H groups in total. The molecule has 0 saturated carbocycles. The van der Waals surface area contributed by atoms with Crippen LogP contribution in [0.25, 0.3) is 0 Å². The summed E-state index contributed by atoms with van der Waals surface area (Å²) in [7, 11) is 0. The Morgan fingerprint density at radius 2 is 2.36 bits per heavy atom. The Morgan fingerprint density at radius 1 is 1.45 bits per heavy atom.